The van der Waals surface area contributed by atoms with Crippen molar-refractivity contribution in [2.24, 2.45) is 0 Å². The first kappa shape index (κ1) is 13.1. The molecule has 1 aromatic rings. The number of rotatable bonds is 3. The molecule has 2 aliphatic heterocycles. The van der Waals surface area contributed by atoms with Gasteiger partial charge in [0.25, 0.3) is 0 Å². The van der Waals surface area contributed by atoms with Crippen molar-refractivity contribution in [3.8, 4) is 0 Å². The van der Waals surface area contributed by atoms with Crippen LogP contribution in [-0.2, 0) is 12.8 Å². The molecule has 2 heterocycles. The summed E-state index contributed by atoms with van der Waals surface area (Å²) >= 11 is 0. The first-order valence-electron chi connectivity index (χ1n) is 7.85. The Bertz CT molecular complexity index is 394. The van der Waals surface area contributed by atoms with Crippen LogP contribution in [0.5, 0.6) is 0 Å². The van der Waals surface area contributed by atoms with Crippen LogP contribution in [0, 0.1) is 0 Å². The van der Waals surface area contributed by atoms with Gasteiger partial charge in [-0.25, -0.2) is 0 Å². The molecule has 2 aliphatic rings. The summed E-state index contributed by atoms with van der Waals surface area (Å²) in [5.41, 5.74) is 3.53. The zero-order valence-corrected chi connectivity index (χ0v) is 12.1. The van der Waals surface area contributed by atoms with E-state index in [0.717, 1.165) is 0 Å². The highest BCUT2D eigenvalue weighted by molar-refractivity contribution is 5.28. The molecule has 1 saturated heterocycles. The first-order valence-corrected chi connectivity index (χ1v) is 7.85. The Hall–Kier alpha value is -0.860. The molecule has 19 heavy (non-hydrogen) atoms. The predicted octanol–water partition coefficient (Wildman–Crippen LogP) is 2.62. The lowest BCUT2D eigenvalue weighted by atomic mass is 9.93. The molecule has 2 nitrogen and oxygen atoms in total. The highest BCUT2D eigenvalue weighted by Crippen LogP contribution is 2.25. The molecule has 0 aromatic heterocycles. The molecule has 1 N–H and O–H groups in total. The number of nitrogens with zero attached hydrogens (tertiary/aromatic N) is 1. The van der Waals surface area contributed by atoms with E-state index in [9.17, 15) is 0 Å². The summed E-state index contributed by atoms with van der Waals surface area (Å²) in [5, 5.41) is 3.77. The molecular weight excluding hydrogens is 232 g/mol. The lowest BCUT2D eigenvalue weighted by Crippen LogP contribution is -2.50. The number of hydrogen-bond acceptors (Lipinski definition) is 2. The van der Waals surface area contributed by atoms with Crippen LogP contribution in [0.15, 0.2) is 24.3 Å². The van der Waals surface area contributed by atoms with E-state index in [0.29, 0.717) is 5.54 Å². The lowest BCUT2D eigenvalue weighted by Gasteiger charge is -2.34. The van der Waals surface area contributed by atoms with Crippen molar-refractivity contribution >= 4 is 0 Å². The van der Waals surface area contributed by atoms with Crippen molar-refractivity contribution in [3.63, 3.8) is 0 Å². The van der Waals surface area contributed by atoms with E-state index in [1.807, 2.05) is 0 Å². The van der Waals surface area contributed by atoms with Crippen LogP contribution in [0.1, 0.15) is 37.3 Å². The average molecular weight is 258 g/mol. The zero-order valence-electron chi connectivity index (χ0n) is 12.1. The molecular formula is C17H26N2. The Balaban J connectivity index is 1.65. The van der Waals surface area contributed by atoms with Crippen LogP contribution in [-0.4, -0.2) is 36.6 Å². The van der Waals surface area contributed by atoms with Crippen molar-refractivity contribution in [2.45, 2.75) is 44.6 Å². The minimum atomic E-state index is 0.399. The van der Waals surface area contributed by atoms with Crippen molar-refractivity contribution in [1.82, 2.24) is 10.2 Å². The third-order valence-corrected chi connectivity index (χ3v) is 5.05. The summed E-state index contributed by atoms with van der Waals surface area (Å²) in [5.74, 6) is 0. The molecule has 0 radical (unpaired) electrons. The molecule has 2 heteroatoms. The second-order valence-electron chi connectivity index (χ2n) is 6.21. The van der Waals surface area contributed by atoms with Crippen molar-refractivity contribution in [3.05, 3.63) is 35.4 Å². The average Bonchev–Trinajstić information content (AvgIpc) is 2.82. The number of nitrogens with one attached hydrogen (secondary N) is 1. The summed E-state index contributed by atoms with van der Waals surface area (Å²) in [6.45, 7) is 7.23. The molecule has 104 valence electrons. The van der Waals surface area contributed by atoms with E-state index in [2.05, 4.69) is 41.4 Å². The van der Waals surface area contributed by atoms with Crippen LogP contribution < -0.4 is 5.32 Å². The Morgan fingerprint density at radius 3 is 2.37 bits per heavy atom. The fourth-order valence-corrected chi connectivity index (χ4v) is 3.72. The second kappa shape index (κ2) is 5.64. The fraction of sp³-hybridized carbons (Fsp3) is 0.647. The SMILES string of the molecule is CCC1(CN2CCc3ccccc3CC2)CCCN1. The molecule has 1 aromatic carbocycles. The number of hydrogen-bond donors (Lipinski definition) is 1. The third-order valence-electron chi connectivity index (χ3n) is 5.05. The standard InChI is InChI=1S/C17H26N2/c1-2-17(10-5-11-18-17)14-19-12-8-15-6-3-4-7-16(15)9-13-19/h3-4,6-7,18H,2,5,8-14H2,1H3. The van der Waals surface area contributed by atoms with Gasteiger partial charge in [0, 0.05) is 25.2 Å². The van der Waals surface area contributed by atoms with Gasteiger partial charge in [0.1, 0.15) is 0 Å². The van der Waals surface area contributed by atoms with Crippen LogP contribution in [0.2, 0.25) is 0 Å². The van der Waals surface area contributed by atoms with Gasteiger partial charge < -0.3 is 10.2 Å². The van der Waals surface area contributed by atoms with E-state index in [-0.39, 0.29) is 0 Å². The lowest BCUT2D eigenvalue weighted by molar-refractivity contribution is 0.194. The summed E-state index contributed by atoms with van der Waals surface area (Å²) in [6.07, 6.45) is 6.40. The van der Waals surface area contributed by atoms with Gasteiger partial charge in [-0.3, -0.25) is 0 Å². The van der Waals surface area contributed by atoms with Crippen molar-refractivity contribution in [2.75, 3.05) is 26.2 Å². The van der Waals surface area contributed by atoms with Crippen LogP contribution in [0.25, 0.3) is 0 Å². The quantitative estimate of drug-likeness (QED) is 0.896. The van der Waals surface area contributed by atoms with Gasteiger partial charge in [0.2, 0.25) is 0 Å². The minimum Gasteiger partial charge on any atom is -0.310 e. The highest BCUT2D eigenvalue weighted by atomic mass is 15.2. The summed E-state index contributed by atoms with van der Waals surface area (Å²) in [7, 11) is 0. The molecule has 0 saturated carbocycles. The molecule has 3 rings (SSSR count). The van der Waals surface area contributed by atoms with Crippen molar-refractivity contribution < 1.29 is 0 Å². The van der Waals surface area contributed by atoms with E-state index < -0.39 is 0 Å². The molecule has 0 bridgehead atoms. The zero-order chi connectivity index (χ0) is 13.1. The van der Waals surface area contributed by atoms with Gasteiger partial charge in [-0.05, 0) is 49.8 Å². The van der Waals surface area contributed by atoms with Gasteiger partial charge in [-0.2, -0.15) is 0 Å². The Morgan fingerprint density at radius 2 is 1.84 bits per heavy atom. The van der Waals surface area contributed by atoms with Crippen LogP contribution in [0.4, 0.5) is 0 Å². The predicted molar refractivity (Wildman–Crippen MR) is 80.5 cm³/mol. The molecule has 0 amide bonds. The van der Waals surface area contributed by atoms with E-state index in [1.165, 1.54) is 58.3 Å². The first-order chi connectivity index (χ1) is 9.31. The Labute approximate surface area is 117 Å². The summed E-state index contributed by atoms with van der Waals surface area (Å²) in [6, 6.07) is 8.98. The summed E-state index contributed by atoms with van der Waals surface area (Å²) in [4.78, 5) is 2.68. The summed E-state index contributed by atoms with van der Waals surface area (Å²) < 4.78 is 0. The fourth-order valence-electron chi connectivity index (χ4n) is 3.72. The van der Waals surface area contributed by atoms with Crippen LogP contribution >= 0.6 is 0 Å². The van der Waals surface area contributed by atoms with E-state index in [1.54, 1.807) is 11.1 Å². The monoisotopic (exact) mass is 258 g/mol. The normalized spacial score (nSPS) is 28.1. The number of benzene rings is 1. The van der Waals surface area contributed by atoms with Crippen molar-refractivity contribution in [1.29, 1.82) is 0 Å². The second-order valence-corrected chi connectivity index (χ2v) is 6.21. The van der Waals surface area contributed by atoms with Gasteiger partial charge in [-0.1, -0.05) is 31.2 Å². The maximum absolute atomic E-state index is 3.77. The minimum absolute atomic E-state index is 0.399. The van der Waals surface area contributed by atoms with Gasteiger partial charge >= 0.3 is 0 Å². The van der Waals surface area contributed by atoms with Gasteiger partial charge in [0.15, 0.2) is 0 Å². The van der Waals surface area contributed by atoms with E-state index >= 15 is 0 Å². The van der Waals surface area contributed by atoms with Gasteiger partial charge in [0.05, 0.1) is 0 Å². The Morgan fingerprint density at radius 1 is 1.16 bits per heavy atom. The number of fused-ring (bicyclic) bond motifs is 1. The highest BCUT2D eigenvalue weighted by Gasteiger charge is 2.33. The molecule has 0 aliphatic carbocycles. The maximum atomic E-state index is 3.77. The molecule has 1 unspecified atom stereocenters. The van der Waals surface area contributed by atoms with E-state index in [4.69, 9.17) is 0 Å². The Kier molecular flexibility index (Phi) is 3.90. The largest absolute Gasteiger partial charge is 0.310 e. The molecule has 1 atom stereocenters. The smallest absolute Gasteiger partial charge is 0.0306 e. The molecule has 0 spiro atoms. The topological polar surface area (TPSA) is 15.3 Å². The van der Waals surface area contributed by atoms with Crippen LogP contribution in [0.3, 0.4) is 0 Å². The third kappa shape index (κ3) is 2.85. The maximum Gasteiger partial charge on any atom is 0.0306 e. The van der Waals surface area contributed by atoms with Gasteiger partial charge in [-0.15, -0.1) is 0 Å². The molecule has 1 fully saturated rings.